The quantitative estimate of drug-likeness (QED) is 0.318. The molecular weight excluding hydrogens is 434 g/mol. The molecule has 1 fully saturated rings. The number of benzene rings is 2. The molecule has 0 amide bonds. The van der Waals surface area contributed by atoms with E-state index in [2.05, 4.69) is 86.6 Å². The maximum atomic E-state index is 4.86. The van der Waals surface area contributed by atoms with Crippen LogP contribution in [0, 0.1) is 6.92 Å². The van der Waals surface area contributed by atoms with Gasteiger partial charge in [-0.25, -0.2) is 4.98 Å². The van der Waals surface area contributed by atoms with E-state index in [4.69, 9.17) is 4.98 Å². The summed E-state index contributed by atoms with van der Waals surface area (Å²) in [5, 5.41) is 13.3. The summed E-state index contributed by atoms with van der Waals surface area (Å²) in [4.78, 5) is 7.34. The van der Waals surface area contributed by atoms with Gasteiger partial charge in [-0.15, -0.1) is 21.5 Å². The Bertz CT molecular complexity index is 1140. The summed E-state index contributed by atoms with van der Waals surface area (Å²) in [6.45, 7) is 6.08. The highest BCUT2D eigenvalue weighted by atomic mass is 32.2. The van der Waals surface area contributed by atoms with Gasteiger partial charge >= 0.3 is 0 Å². The van der Waals surface area contributed by atoms with E-state index < -0.39 is 0 Å². The SMILES string of the molecule is Cc1ccc(-c2nc(CSc3nnc(CN4CCCC4)n3Cc3ccccc3)cs2)cc1. The predicted molar refractivity (Wildman–Crippen MR) is 132 cm³/mol. The monoisotopic (exact) mass is 461 g/mol. The average molecular weight is 462 g/mol. The number of aryl methyl sites for hydroxylation is 1. The number of likely N-dealkylation sites (tertiary alicyclic amines) is 1. The van der Waals surface area contributed by atoms with Crippen molar-refractivity contribution in [3.8, 4) is 10.6 Å². The lowest BCUT2D eigenvalue weighted by Gasteiger charge is -2.16. The number of thioether (sulfide) groups is 1. The van der Waals surface area contributed by atoms with Gasteiger partial charge in [0.1, 0.15) is 10.8 Å². The first-order chi connectivity index (χ1) is 15.7. The van der Waals surface area contributed by atoms with Gasteiger partial charge in [0, 0.05) is 16.7 Å². The van der Waals surface area contributed by atoms with Crippen LogP contribution in [-0.2, 0) is 18.8 Å². The zero-order valence-electron chi connectivity index (χ0n) is 18.3. The molecule has 1 aliphatic heterocycles. The molecule has 7 heteroatoms. The van der Waals surface area contributed by atoms with Crippen molar-refractivity contribution in [1.82, 2.24) is 24.6 Å². The largest absolute Gasteiger partial charge is 0.300 e. The van der Waals surface area contributed by atoms with Crippen molar-refractivity contribution in [2.45, 2.75) is 43.8 Å². The molecule has 2 aromatic heterocycles. The first-order valence-corrected chi connectivity index (χ1v) is 12.9. The van der Waals surface area contributed by atoms with Crippen LogP contribution in [0.4, 0.5) is 0 Å². The van der Waals surface area contributed by atoms with Crippen LogP contribution in [0.1, 0.15) is 35.5 Å². The summed E-state index contributed by atoms with van der Waals surface area (Å²) in [5.41, 5.74) is 4.80. The van der Waals surface area contributed by atoms with Gasteiger partial charge in [-0.1, -0.05) is 71.9 Å². The van der Waals surface area contributed by atoms with Crippen LogP contribution in [0.2, 0.25) is 0 Å². The fourth-order valence-electron chi connectivity index (χ4n) is 3.95. The third-order valence-electron chi connectivity index (χ3n) is 5.74. The summed E-state index contributed by atoms with van der Waals surface area (Å²) in [6, 6.07) is 19.1. The Morgan fingerprint density at radius 2 is 1.72 bits per heavy atom. The molecule has 0 aliphatic carbocycles. The third-order valence-corrected chi connectivity index (χ3v) is 7.68. The van der Waals surface area contributed by atoms with Crippen molar-refractivity contribution in [2.24, 2.45) is 0 Å². The smallest absolute Gasteiger partial charge is 0.191 e. The van der Waals surface area contributed by atoms with Gasteiger partial charge < -0.3 is 4.57 Å². The lowest BCUT2D eigenvalue weighted by molar-refractivity contribution is 0.316. The Balaban J connectivity index is 1.32. The predicted octanol–water partition coefficient (Wildman–Crippen LogP) is 5.65. The second kappa shape index (κ2) is 9.98. The van der Waals surface area contributed by atoms with Crippen LogP contribution in [0.25, 0.3) is 10.6 Å². The van der Waals surface area contributed by atoms with E-state index in [0.29, 0.717) is 0 Å². The zero-order valence-corrected chi connectivity index (χ0v) is 19.9. The topological polar surface area (TPSA) is 46.8 Å². The second-order valence-electron chi connectivity index (χ2n) is 8.25. The number of hydrogen-bond donors (Lipinski definition) is 0. The molecule has 0 N–H and O–H groups in total. The van der Waals surface area contributed by atoms with Crippen LogP contribution in [0.5, 0.6) is 0 Å². The van der Waals surface area contributed by atoms with E-state index in [-0.39, 0.29) is 0 Å². The molecule has 164 valence electrons. The van der Waals surface area contributed by atoms with Crippen LogP contribution < -0.4 is 0 Å². The van der Waals surface area contributed by atoms with E-state index in [1.807, 2.05) is 0 Å². The van der Waals surface area contributed by atoms with Gasteiger partial charge in [-0.2, -0.15) is 0 Å². The summed E-state index contributed by atoms with van der Waals surface area (Å²) >= 11 is 3.43. The minimum absolute atomic E-state index is 0.791. The second-order valence-corrected chi connectivity index (χ2v) is 10.1. The number of thiazole rings is 1. The Labute approximate surface area is 197 Å². The number of rotatable bonds is 8. The van der Waals surface area contributed by atoms with Gasteiger partial charge in [0.15, 0.2) is 5.16 Å². The van der Waals surface area contributed by atoms with Crippen LogP contribution in [-0.4, -0.2) is 37.7 Å². The van der Waals surface area contributed by atoms with E-state index >= 15 is 0 Å². The fraction of sp³-hybridized carbons (Fsp3) is 0.320. The van der Waals surface area contributed by atoms with Gasteiger partial charge in [0.05, 0.1) is 18.8 Å². The molecule has 4 aromatic rings. The number of aromatic nitrogens is 4. The molecule has 2 aromatic carbocycles. The van der Waals surface area contributed by atoms with E-state index in [1.54, 1.807) is 23.1 Å². The fourth-order valence-corrected chi connectivity index (χ4v) is 5.73. The van der Waals surface area contributed by atoms with Crippen molar-refractivity contribution in [3.05, 3.63) is 82.6 Å². The Morgan fingerprint density at radius 1 is 0.938 bits per heavy atom. The molecule has 3 heterocycles. The molecule has 0 radical (unpaired) electrons. The molecule has 0 saturated carbocycles. The molecular formula is C25H27N5S2. The third kappa shape index (κ3) is 5.11. The number of nitrogens with zero attached hydrogens (tertiary/aromatic N) is 5. The molecule has 0 atom stereocenters. The maximum Gasteiger partial charge on any atom is 0.191 e. The molecule has 0 spiro atoms. The summed E-state index contributed by atoms with van der Waals surface area (Å²) in [6.07, 6.45) is 2.56. The van der Waals surface area contributed by atoms with Crippen molar-refractivity contribution in [2.75, 3.05) is 13.1 Å². The summed E-state index contributed by atoms with van der Waals surface area (Å²) in [7, 11) is 0. The van der Waals surface area contributed by atoms with Crippen LogP contribution >= 0.6 is 23.1 Å². The normalized spacial score (nSPS) is 14.3. The Kier molecular flexibility index (Phi) is 6.67. The van der Waals surface area contributed by atoms with Crippen molar-refractivity contribution in [1.29, 1.82) is 0 Å². The first kappa shape index (κ1) is 21.4. The average Bonchev–Trinajstić information content (AvgIpc) is 3.57. The molecule has 0 unspecified atom stereocenters. The highest BCUT2D eigenvalue weighted by molar-refractivity contribution is 7.98. The molecule has 5 nitrogen and oxygen atoms in total. The molecule has 32 heavy (non-hydrogen) atoms. The lowest BCUT2D eigenvalue weighted by Crippen LogP contribution is -2.21. The molecule has 5 rings (SSSR count). The lowest BCUT2D eigenvalue weighted by atomic mass is 10.2. The van der Waals surface area contributed by atoms with Crippen molar-refractivity contribution < 1.29 is 0 Å². The Hall–Kier alpha value is -2.48. The minimum Gasteiger partial charge on any atom is -0.300 e. The summed E-state index contributed by atoms with van der Waals surface area (Å²) < 4.78 is 2.28. The molecule has 1 saturated heterocycles. The highest BCUT2D eigenvalue weighted by Crippen LogP contribution is 2.28. The van der Waals surface area contributed by atoms with Gasteiger partial charge in [-0.05, 0) is 38.4 Å². The van der Waals surface area contributed by atoms with Crippen LogP contribution in [0.15, 0.2) is 65.1 Å². The first-order valence-electron chi connectivity index (χ1n) is 11.1. The van der Waals surface area contributed by atoms with Crippen molar-refractivity contribution >= 4 is 23.1 Å². The molecule has 0 bridgehead atoms. The zero-order chi connectivity index (χ0) is 21.8. The van der Waals surface area contributed by atoms with E-state index in [0.717, 1.165) is 53.6 Å². The highest BCUT2D eigenvalue weighted by Gasteiger charge is 2.19. The van der Waals surface area contributed by atoms with Crippen LogP contribution in [0.3, 0.4) is 0 Å². The van der Waals surface area contributed by atoms with E-state index in [9.17, 15) is 0 Å². The van der Waals surface area contributed by atoms with Gasteiger partial charge in [0.2, 0.25) is 0 Å². The minimum atomic E-state index is 0.791. The number of hydrogen-bond acceptors (Lipinski definition) is 6. The summed E-state index contributed by atoms with van der Waals surface area (Å²) in [5.74, 6) is 1.84. The Morgan fingerprint density at radius 3 is 2.50 bits per heavy atom. The van der Waals surface area contributed by atoms with E-state index in [1.165, 1.54) is 29.5 Å². The maximum absolute atomic E-state index is 4.86. The van der Waals surface area contributed by atoms with Gasteiger partial charge in [0.25, 0.3) is 0 Å². The standard InChI is InChI=1S/C25H27N5S2/c1-19-9-11-21(12-10-19)24-26-22(17-31-24)18-32-25-28-27-23(16-29-13-5-6-14-29)30(25)15-20-7-3-2-4-8-20/h2-4,7-12,17H,5-6,13-16,18H2,1H3. The van der Waals surface area contributed by atoms with Gasteiger partial charge in [-0.3, -0.25) is 4.90 Å². The molecule has 1 aliphatic rings. The van der Waals surface area contributed by atoms with Crippen molar-refractivity contribution in [3.63, 3.8) is 0 Å².